The summed E-state index contributed by atoms with van der Waals surface area (Å²) in [7, 11) is 1.51. The molecular weight excluding hydrogens is 250 g/mol. The molecule has 0 saturated heterocycles. The molecule has 4 nitrogen and oxygen atoms in total. The molecule has 2 aromatic rings. The molecule has 0 aliphatic rings. The van der Waals surface area contributed by atoms with E-state index in [4.69, 9.17) is 5.26 Å². The number of nitriles is 1. The molecule has 0 aliphatic heterocycles. The lowest BCUT2D eigenvalue weighted by molar-refractivity contribution is -0.116. The third-order valence-corrected chi connectivity index (χ3v) is 3.00. The third-order valence-electron chi connectivity index (χ3n) is 3.00. The van der Waals surface area contributed by atoms with E-state index in [1.165, 1.54) is 7.05 Å². The second-order valence-corrected chi connectivity index (χ2v) is 4.32. The molecule has 0 unspecified atom stereocenters. The van der Waals surface area contributed by atoms with Gasteiger partial charge in [0.25, 0.3) is 5.91 Å². The van der Waals surface area contributed by atoms with E-state index < -0.39 is 0 Å². The molecular formula is C16H15N3O. The highest BCUT2D eigenvalue weighted by Crippen LogP contribution is 2.19. The van der Waals surface area contributed by atoms with Gasteiger partial charge in [0.1, 0.15) is 11.6 Å². The SMILES string of the molecule is CNC(=O)/C(C#N)=C\c1ccc(C)n1-c1ccccc1. The number of hydrogen-bond acceptors (Lipinski definition) is 2. The van der Waals surface area contributed by atoms with Crippen molar-refractivity contribution in [3.8, 4) is 11.8 Å². The zero-order valence-electron chi connectivity index (χ0n) is 11.4. The van der Waals surface area contributed by atoms with E-state index in [1.807, 2.05) is 60.0 Å². The van der Waals surface area contributed by atoms with Crippen molar-refractivity contribution in [3.63, 3.8) is 0 Å². The fourth-order valence-corrected chi connectivity index (χ4v) is 2.03. The highest BCUT2D eigenvalue weighted by Gasteiger charge is 2.10. The van der Waals surface area contributed by atoms with E-state index >= 15 is 0 Å². The van der Waals surface area contributed by atoms with E-state index in [0.29, 0.717) is 0 Å². The molecule has 0 fully saturated rings. The number of likely N-dealkylation sites (N-methyl/N-ethyl adjacent to an activating group) is 1. The Hall–Kier alpha value is -2.80. The standard InChI is InChI=1S/C16H15N3O/c1-12-8-9-15(10-13(11-17)16(20)18-2)19(12)14-6-4-3-5-7-14/h3-10H,1-2H3,(H,18,20)/b13-10-. The van der Waals surface area contributed by atoms with E-state index in [-0.39, 0.29) is 11.5 Å². The molecule has 0 atom stereocenters. The zero-order valence-corrected chi connectivity index (χ0v) is 11.4. The highest BCUT2D eigenvalue weighted by atomic mass is 16.1. The lowest BCUT2D eigenvalue weighted by atomic mass is 10.2. The number of hydrogen-bond donors (Lipinski definition) is 1. The fraction of sp³-hybridized carbons (Fsp3) is 0.125. The average Bonchev–Trinajstić information content (AvgIpc) is 2.85. The number of aromatic nitrogens is 1. The van der Waals surface area contributed by atoms with Gasteiger partial charge in [-0.05, 0) is 37.3 Å². The van der Waals surface area contributed by atoms with Crippen LogP contribution in [0.4, 0.5) is 0 Å². The Bertz CT molecular complexity index is 690. The third kappa shape index (κ3) is 2.62. The van der Waals surface area contributed by atoms with E-state index in [0.717, 1.165) is 17.1 Å². The molecule has 1 aromatic heterocycles. The van der Waals surface area contributed by atoms with Crippen molar-refractivity contribution < 1.29 is 4.79 Å². The molecule has 1 N–H and O–H groups in total. The maximum Gasteiger partial charge on any atom is 0.261 e. The van der Waals surface area contributed by atoms with Crippen LogP contribution in [0, 0.1) is 18.3 Å². The first-order valence-electron chi connectivity index (χ1n) is 6.25. The molecule has 0 spiro atoms. The van der Waals surface area contributed by atoms with Crippen molar-refractivity contribution >= 4 is 12.0 Å². The van der Waals surface area contributed by atoms with Gasteiger partial charge in [-0.25, -0.2) is 0 Å². The molecule has 20 heavy (non-hydrogen) atoms. The van der Waals surface area contributed by atoms with Crippen molar-refractivity contribution in [2.75, 3.05) is 7.05 Å². The summed E-state index contributed by atoms with van der Waals surface area (Å²) < 4.78 is 2.00. The average molecular weight is 265 g/mol. The maximum absolute atomic E-state index is 11.6. The number of nitrogens with one attached hydrogen (secondary N) is 1. The van der Waals surface area contributed by atoms with Crippen LogP contribution in [0.3, 0.4) is 0 Å². The van der Waals surface area contributed by atoms with Gasteiger partial charge in [0.05, 0.1) is 0 Å². The summed E-state index contributed by atoms with van der Waals surface area (Å²) in [6, 6.07) is 15.6. The Kier molecular flexibility index (Phi) is 4.02. The number of carbonyl (C=O) groups excluding carboxylic acids is 1. The van der Waals surface area contributed by atoms with Crippen LogP contribution in [-0.4, -0.2) is 17.5 Å². The molecule has 0 aliphatic carbocycles. The summed E-state index contributed by atoms with van der Waals surface area (Å²) in [4.78, 5) is 11.6. The van der Waals surface area contributed by atoms with Crippen LogP contribution < -0.4 is 5.32 Å². The van der Waals surface area contributed by atoms with E-state index in [9.17, 15) is 4.79 Å². The summed E-state index contributed by atoms with van der Waals surface area (Å²) in [5.74, 6) is -0.383. The number of amides is 1. The number of nitrogens with zero attached hydrogens (tertiary/aromatic N) is 2. The lowest BCUT2D eigenvalue weighted by Gasteiger charge is -2.09. The first-order valence-corrected chi connectivity index (χ1v) is 6.25. The molecule has 0 radical (unpaired) electrons. The monoisotopic (exact) mass is 265 g/mol. The number of benzene rings is 1. The number of para-hydroxylation sites is 1. The largest absolute Gasteiger partial charge is 0.354 e. The Morgan fingerprint density at radius 1 is 1.25 bits per heavy atom. The van der Waals surface area contributed by atoms with Crippen molar-refractivity contribution in [1.82, 2.24) is 9.88 Å². The first kappa shape index (κ1) is 13.6. The van der Waals surface area contributed by atoms with Gasteiger partial charge in [-0.15, -0.1) is 0 Å². The van der Waals surface area contributed by atoms with Gasteiger partial charge < -0.3 is 9.88 Å². The molecule has 4 heteroatoms. The smallest absolute Gasteiger partial charge is 0.261 e. The fourth-order valence-electron chi connectivity index (χ4n) is 2.03. The maximum atomic E-state index is 11.6. The van der Waals surface area contributed by atoms with Crippen molar-refractivity contribution in [1.29, 1.82) is 5.26 Å². The number of aryl methyl sites for hydroxylation is 1. The van der Waals surface area contributed by atoms with Crippen molar-refractivity contribution in [2.24, 2.45) is 0 Å². The van der Waals surface area contributed by atoms with Crippen LogP contribution in [-0.2, 0) is 4.79 Å². The van der Waals surface area contributed by atoms with Crippen molar-refractivity contribution in [3.05, 3.63) is 59.4 Å². The molecule has 0 bridgehead atoms. The van der Waals surface area contributed by atoms with Gasteiger partial charge in [0, 0.05) is 24.1 Å². The Morgan fingerprint density at radius 3 is 2.55 bits per heavy atom. The van der Waals surface area contributed by atoms with Crippen molar-refractivity contribution in [2.45, 2.75) is 6.92 Å². The second kappa shape index (κ2) is 5.89. The molecule has 2 rings (SSSR count). The topological polar surface area (TPSA) is 57.8 Å². The molecule has 100 valence electrons. The van der Waals surface area contributed by atoms with Crippen LogP contribution in [0.2, 0.25) is 0 Å². The lowest BCUT2D eigenvalue weighted by Crippen LogP contribution is -2.19. The van der Waals surface area contributed by atoms with Crippen LogP contribution in [0.15, 0.2) is 48.0 Å². The normalized spacial score (nSPS) is 10.9. The highest BCUT2D eigenvalue weighted by molar-refractivity contribution is 6.01. The summed E-state index contributed by atoms with van der Waals surface area (Å²) in [5, 5.41) is 11.5. The minimum Gasteiger partial charge on any atom is -0.354 e. The zero-order chi connectivity index (χ0) is 14.5. The summed E-state index contributed by atoms with van der Waals surface area (Å²) in [5.41, 5.74) is 2.92. The minimum absolute atomic E-state index is 0.0859. The summed E-state index contributed by atoms with van der Waals surface area (Å²) in [6.07, 6.45) is 1.60. The number of carbonyl (C=O) groups is 1. The number of rotatable bonds is 3. The van der Waals surface area contributed by atoms with Gasteiger partial charge in [0.2, 0.25) is 0 Å². The van der Waals surface area contributed by atoms with Crippen LogP contribution in [0.25, 0.3) is 11.8 Å². The predicted octanol–water partition coefficient (Wildman–Crippen LogP) is 2.44. The molecule has 0 saturated carbocycles. The van der Waals surface area contributed by atoms with Crippen LogP contribution >= 0.6 is 0 Å². The van der Waals surface area contributed by atoms with Gasteiger partial charge >= 0.3 is 0 Å². The van der Waals surface area contributed by atoms with E-state index in [1.54, 1.807) is 6.08 Å². The van der Waals surface area contributed by atoms with Crippen LogP contribution in [0.5, 0.6) is 0 Å². The second-order valence-electron chi connectivity index (χ2n) is 4.32. The summed E-state index contributed by atoms with van der Waals surface area (Å²) >= 11 is 0. The molecule has 1 aromatic carbocycles. The molecule has 1 heterocycles. The van der Waals surface area contributed by atoms with Gasteiger partial charge in [-0.1, -0.05) is 18.2 Å². The van der Waals surface area contributed by atoms with Gasteiger partial charge in [-0.2, -0.15) is 5.26 Å². The predicted molar refractivity (Wildman–Crippen MR) is 78.2 cm³/mol. The first-order chi connectivity index (χ1) is 9.67. The Balaban J connectivity index is 2.53. The summed E-state index contributed by atoms with van der Waals surface area (Å²) in [6.45, 7) is 1.98. The van der Waals surface area contributed by atoms with Gasteiger partial charge in [-0.3, -0.25) is 4.79 Å². The Labute approximate surface area is 118 Å². The quantitative estimate of drug-likeness (QED) is 0.684. The molecule has 1 amide bonds. The van der Waals surface area contributed by atoms with E-state index in [2.05, 4.69) is 5.32 Å². The minimum atomic E-state index is -0.383. The van der Waals surface area contributed by atoms with Crippen LogP contribution in [0.1, 0.15) is 11.4 Å². The van der Waals surface area contributed by atoms with Gasteiger partial charge in [0.15, 0.2) is 0 Å². The Morgan fingerprint density at radius 2 is 1.95 bits per heavy atom.